The molecule has 4 heteroatoms. The van der Waals surface area contributed by atoms with Gasteiger partial charge in [0.2, 0.25) is 0 Å². The van der Waals surface area contributed by atoms with E-state index in [4.69, 9.17) is 0 Å². The topological polar surface area (TPSA) is 36.4 Å². The Bertz CT molecular complexity index is 337. The minimum Gasteiger partial charge on any atom is -0.356 e. The molecule has 1 aliphatic heterocycles. The van der Waals surface area contributed by atoms with Crippen LogP contribution in [-0.4, -0.2) is 19.0 Å². The molecule has 0 spiro atoms. The second-order valence-electron chi connectivity index (χ2n) is 3.72. The average Bonchev–Trinajstić information content (AvgIpc) is 2.76. The Morgan fingerprint density at radius 3 is 2.81 bits per heavy atom. The number of nitrogens with zero attached hydrogens (tertiary/aromatic N) is 1. The van der Waals surface area contributed by atoms with Crippen molar-refractivity contribution in [2.45, 2.75) is 19.4 Å². The molecule has 0 amide bonds. The number of hydrogen-bond donors (Lipinski definition) is 2. The molecule has 88 valence electrons. The highest BCUT2D eigenvalue weighted by Crippen LogP contribution is 2.15. The summed E-state index contributed by atoms with van der Waals surface area (Å²) in [6.07, 6.45) is 1.12. The van der Waals surface area contributed by atoms with Crippen molar-refractivity contribution in [2.24, 2.45) is 4.99 Å². The Labute approximate surface area is 114 Å². The minimum absolute atomic E-state index is 0. The van der Waals surface area contributed by atoms with E-state index >= 15 is 0 Å². The maximum Gasteiger partial charge on any atom is 0.191 e. The predicted octanol–water partition coefficient (Wildman–Crippen LogP) is 2.30. The lowest BCUT2D eigenvalue weighted by Gasteiger charge is -2.12. The molecule has 0 aromatic heterocycles. The molecule has 0 bridgehead atoms. The first kappa shape index (κ1) is 13.3. The largest absolute Gasteiger partial charge is 0.356 e. The zero-order valence-corrected chi connectivity index (χ0v) is 11.8. The maximum absolute atomic E-state index is 4.43. The monoisotopic (exact) mass is 331 g/mol. The van der Waals surface area contributed by atoms with Gasteiger partial charge >= 0.3 is 0 Å². The van der Waals surface area contributed by atoms with Gasteiger partial charge in [-0.3, -0.25) is 4.99 Å². The summed E-state index contributed by atoms with van der Waals surface area (Å²) in [5, 5.41) is 6.65. The van der Waals surface area contributed by atoms with Crippen molar-refractivity contribution in [3.8, 4) is 0 Å². The van der Waals surface area contributed by atoms with Crippen molar-refractivity contribution in [1.29, 1.82) is 0 Å². The minimum atomic E-state index is 0. The van der Waals surface area contributed by atoms with Gasteiger partial charge in [-0.15, -0.1) is 24.0 Å². The summed E-state index contributed by atoms with van der Waals surface area (Å²) in [5.41, 5.74) is 1.30. The van der Waals surface area contributed by atoms with E-state index in [-0.39, 0.29) is 24.0 Å². The third-order valence-corrected chi connectivity index (χ3v) is 2.49. The standard InChI is InChI=1S/C12H17N3.HI/c1-2-8-13-12-14-9-11(15-12)10-6-4-3-5-7-10;/h3-7,11H,2,8-9H2,1H3,(H2,13,14,15);1H. The summed E-state index contributed by atoms with van der Waals surface area (Å²) in [6.45, 7) is 3.96. The highest BCUT2D eigenvalue weighted by Gasteiger charge is 2.17. The van der Waals surface area contributed by atoms with Gasteiger partial charge in [0, 0.05) is 6.54 Å². The number of benzene rings is 1. The lowest BCUT2D eigenvalue weighted by Crippen LogP contribution is -2.35. The molecule has 0 aliphatic carbocycles. The van der Waals surface area contributed by atoms with E-state index < -0.39 is 0 Å². The predicted molar refractivity (Wildman–Crippen MR) is 78.3 cm³/mol. The smallest absolute Gasteiger partial charge is 0.191 e. The summed E-state index contributed by atoms with van der Waals surface area (Å²) in [7, 11) is 0. The van der Waals surface area contributed by atoms with Gasteiger partial charge in [-0.05, 0) is 12.0 Å². The molecule has 1 heterocycles. The summed E-state index contributed by atoms with van der Waals surface area (Å²) in [4.78, 5) is 4.43. The van der Waals surface area contributed by atoms with Crippen LogP contribution in [0.15, 0.2) is 35.3 Å². The molecule has 1 unspecified atom stereocenters. The van der Waals surface area contributed by atoms with Gasteiger partial charge in [0.15, 0.2) is 5.96 Å². The zero-order chi connectivity index (χ0) is 10.5. The van der Waals surface area contributed by atoms with E-state index in [9.17, 15) is 0 Å². The van der Waals surface area contributed by atoms with E-state index in [1.165, 1.54) is 5.56 Å². The second kappa shape index (κ2) is 6.73. The molecule has 3 nitrogen and oxygen atoms in total. The number of guanidine groups is 1. The van der Waals surface area contributed by atoms with Gasteiger partial charge in [-0.1, -0.05) is 37.3 Å². The molecule has 1 atom stereocenters. The maximum atomic E-state index is 4.43. The van der Waals surface area contributed by atoms with Crippen LogP contribution in [0, 0.1) is 0 Å². The number of hydrogen-bond acceptors (Lipinski definition) is 3. The zero-order valence-electron chi connectivity index (χ0n) is 9.44. The quantitative estimate of drug-likeness (QED) is 0.834. The first-order chi connectivity index (χ1) is 7.40. The second-order valence-corrected chi connectivity index (χ2v) is 3.72. The van der Waals surface area contributed by atoms with Crippen molar-refractivity contribution in [1.82, 2.24) is 10.6 Å². The lowest BCUT2D eigenvalue weighted by atomic mass is 10.1. The summed E-state index contributed by atoms with van der Waals surface area (Å²) in [6, 6.07) is 10.8. The number of aliphatic imine (C=N–C) groups is 1. The van der Waals surface area contributed by atoms with Gasteiger partial charge in [-0.25, -0.2) is 0 Å². The van der Waals surface area contributed by atoms with Crippen molar-refractivity contribution < 1.29 is 0 Å². The first-order valence-corrected chi connectivity index (χ1v) is 5.50. The molecule has 16 heavy (non-hydrogen) atoms. The fourth-order valence-electron chi connectivity index (χ4n) is 1.66. The molecule has 1 aliphatic rings. The number of rotatable bonds is 3. The highest BCUT2D eigenvalue weighted by molar-refractivity contribution is 14.0. The lowest BCUT2D eigenvalue weighted by molar-refractivity contribution is 0.696. The fraction of sp³-hybridized carbons (Fsp3) is 0.417. The van der Waals surface area contributed by atoms with E-state index in [0.29, 0.717) is 6.04 Å². The molecule has 1 aromatic rings. The van der Waals surface area contributed by atoms with Crippen LogP contribution >= 0.6 is 24.0 Å². The third kappa shape index (κ3) is 3.37. The number of nitrogens with one attached hydrogen (secondary N) is 2. The van der Waals surface area contributed by atoms with Crippen molar-refractivity contribution in [3.05, 3.63) is 35.9 Å². The van der Waals surface area contributed by atoms with Crippen molar-refractivity contribution >= 4 is 29.9 Å². The molecular formula is C12H18IN3. The molecular weight excluding hydrogens is 313 g/mol. The molecule has 0 saturated carbocycles. The van der Waals surface area contributed by atoms with Crippen LogP contribution in [0.3, 0.4) is 0 Å². The first-order valence-electron chi connectivity index (χ1n) is 5.50. The molecule has 2 rings (SSSR count). The Morgan fingerprint density at radius 1 is 1.38 bits per heavy atom. The van der Waals surface area contributed by atoms with Crippen molar-refractivity contribution in [3.63, 3.8) is 0 Å². The fourth-order valence-corrected chi connectivity index (χ4v) is 1.66. The van der Waals surface area contributed by atoms with E-state index in [1.54, 1.807) is 0 Å². The van der Waals surface area contributed by atoms with Crippen LogP contribution in [0.4, 0.5) is 0 Å². The van der Waals surface area contributed by atoms with Crippen LogP contribution in [0.5, 0.6) is 0 Å². The molecule has 0 saturated heterocycles. The van der Waals surface area contributed by atoms with Gasteiger partial charge in [-0.2, -0.15) is 0 Å². The SMILES string of the molecule is CCCNC1=NCC(c2ccccc2)N1.I. The van der Waals surface area contributed by atoms with E-state index in [2.05, 4.69) is 46.8 Å². The van der Waals surface area contributed by atoms with Crippen LogP contribution in [0.25, 0.3) is 0 Å². The Kier molecular flexibility index (Phi) is 5.59. The molecule has 2 N–H and O–H groups in total. The van der Waals surface area contributed by atoms with Crippen molar-refractivity contribution in [2.75, 3.05) is 13.1 Å². The molecule has 1 aromatic carbocycles. The Hall–Kier alpha value is -0.780. The van der Waals surface area contributed by atoms with Crippen LogP contribution < -0.4 is 10.6 Å². The number of halogens is 1. The van der Waals surface area contributed by atoms with Crippen LogP contribution in [0.1, 0.15) is 24.9 Å². The Balaban J connectivity index is 0.00000128. The van der Waals surface area contributed by atoms with Gasteiger partial charge in [0.1, 0.15) is 0 Å². The van der Waals surface area contributed by atoms with E-state index in [1.807, 2.05) is 6.07 Å². The summed E-state index contributed by atoms with van der Waals surface area (Å²) >= 11 is 0. The molecule has 0 fully saturated rings. The summed E-state index contributed by atoms with van der Waals surface area (Å²) in [5.74, 6) is 0.936. The third-order valence-electron chi connectivity index (χ3n) is 2.49. The highest BCUT2D eigenvalue weighted by atomic mass is 127. The van der Waals surface area contributed by atoms with Crippen LogP contribution in [0.2, 0.25) is 0 Å². The average molecular weight is 331 g/mol. The van der Waals surface area contributed by atoms with Crippen LogP contribution in [-0.2, 0) is 0 Å². The Morgan fingerprint density at radius 2 is 2.12 bits per heavy atom. The van der Waals surface area contributed by atoms with E-state index in [0.717, 1.165) is 25.5 Å². The van der Waals surface area contributed by atoms with Gasteiger partial charge in [0.25, 0.3) is 0 Å². The summed E-state index contributed by atoms with van der Waals surface area (Å²) < 4.78 is 0. The van der Waals surface area contributed by atoms with Gasteiger partial charge in [0.05, 0.1) is 12.6 Å². The normalized spacial score (nSPS) is 18.3. The molecule has 0 radical (unpaired) electrons. The van der Waals surface area contributed by atoms with Gasteiger partial charge < -0.3 is 10.6 Å².